The average molecular weight is 256 g/mol. The van der Waals surface area contributed by atoms with Crippen molar-refractivity contribution in [2.75, 3.05) is 19.8 Å². The first kappa shape index (κ1) is 12.1. The van der Waals surface area contributed by atoms with Gasteiger partial charge in [-0.25, -0.2) is 4.98 Å². The Bertz CT molecular complexity index is 612. The second-order valence-corrected chi connectivity index (χ2v) is 4.81. The van der Waals surface area contributed by atoms with E-state index in [-0.39, 0.29) is 11.9 Å². The normalized spacial score (nSPS) is 19.6. The highest BCUT2D eigenvalue weighted by molar-refractivity contribution is 5.95. The molecule has 1 amide bonds. The monoisotopic (exact) mass is 256 g/mol. The van der Waals surface area contributed by atoms with Crippen LogP contribution in [0.1, 0.15) is 17.4 Å². The molecule has 4 heteroatoms. The molecule has 2 aromatic rings. The van der Waals surface area contributed by atoms with Crippen molar-refractivity contribution >= 4 is 16.8 Å². The molecule has 1 aromatic carbocycles. The third-order valence-electron chi connectivity index (χ3n) is 3.45. The van der Waals surface area contributed by atoms with Gasteiger partial charge >= 0.3 is 0 Å². The molecule has 1 aliphatic heterocycles. The second-order valence-electron chi connectivity index (χ2n) is 4.81. The van der Waals surface area contributed by atoms with Gasteiger partial charge in [0.15, 0.2) is 0 Å². The van der Waals surface area contributed by atoms with E-state index in [2.05, 4.69) is 4.98 Å². The average Bonchev–Trinajstić information content (AvgIpc) is 2.46. The molecule has 1 unspecified atom stereocenters. The van der Waals surface area contributed by atoms with Crippen LogP contribution in [0.4, 0.5) is 0 Å². The number of fused-ring (bicyclic) bond motifs is 1. The van der Waals surface area contributed by atoms with Gasteiger partial charge in [0.25, 0.3) is 5.91 Å². The summed E-state index contributed by atoms with van der Waals surface area (Å²) in [5.74, 6) is -0.0125. The lowest BCUT2D eigenvalue weighted by Crippen LogP contribution is -2.47. The Morgan fingerprint density at radius 3 is 3.00 bits per heavy atom. The Kier molecular flexibility index (Phi) is 3.17. The number of pyridine rings is 1. The van der Waals surface area contributed by atoms with Crippen molar-refractivity contribution in [2.24, 2.45) is 0 Å². The van der Waals surface area contributed by atoms with E-state index in [0.29, 0.717) is 25.5 Å². The molecule has 19 heavy (non-hydrogen) atoms. The first-order valence-electron chi connectivity index (χ1n) is 6.50. The van der Waals surface area contributed by atoms with Crippen LogP contribution in [0.3, 0.4) is 0 Å². The van der Waals surface area contributed by atoms with Crippen LogP contribution in [-0.4, -0.2) is 41.6 Å². The van der Waals surface area contributed by atoms with E-state index in [1.54, 1.807) is 6.07 Å². The van der Waals surface area contributed by atoms with E-state index in [1.165, 1.54) is 0 Å². The smallest absolute Gasteiger partial charge is 0.272 e. The van der Waals surface area contributed by atoms with Crippen LogP contribution < -0.4 is 0 Å². The maximum atomic E-state index is 12.5. The zero-order chi connectivity index (χ0) is 13.2. The minimum Gasteiger partial charge on any atom is -0.377 e. The van der Waals surface area contributed by atoms with Crippen LogP contribution in [0.5, 0.6) is 0 Å². The molecule has 0 bridgehead atoms. The molecular formula is C15H16N2O2. The first-order chi connectivity index (χ1) is 9.25. The van der Waals surface area contributed by atoms with Crippen molar-refractivity contribution < 1.29 is 9.53 Å². The van der Waals surface area contributed by atoms with Crippen molar-refractivity contribution in [1.29, 1.82) is 0 Å². The number of rotatable bonds is 1. The number of morpholine rings is 1. The summed E-state index contributed by atoms with van der Waals surface area (Å²) in [5.41, 5.74) is 1.36. The number of aromatic nitrogens is 1. The fraction of sp³-hybridized carbons (Fsp3) is 0.333. The van der Waals surface area contributed by atoms with Crippen molar-refractivity contribution in [3.05, 3.63) is 42.1 Å². The van der Waals surface area contributed by atoms with E-state index >= 15 is 0 Å². The topological polar surface area (TPSA) is 42.4 Å². The minimum absolute atomic E-state index is 0.0125. The summed E-state index contributed by atoms with van der Waals surface area (Å²) in [5, 5.41) is 1.05. The molecule has 1 aliphatic rings. The number of hydrogen-bond acceptors (Lipinski definition) is 3. The Balaban J connectivity index is 1.92. The van der Waals surface area contributed by atoms with Gasteiger partial charge < -0.3 is 9.64 Å². The van der Waals surface area contributed by atoms with Gasteiger partial charge in [0.2, 0.25) is 0 Å². The number of ether oxygens (including phenoxy) is 1. The third-order valence-corrected chi connectivity index (χ3v) is 3.45. The number of para-hydroxylation sites is 1. The number of benzene rings is 1. The van der Waals surface area contributed by atoms with Crippen LogP contribution in [-0.2, 0) is 4.74 Å². The van der Waals surface area contributed by atoms with Crippen molar-refractivity contribution in [3.8, 4) is 0 Å². The summed E-state index contributed by atoms with van der Waals surface area (Å²) in [4.78, 5) is 18.7. The fourth-order valence-electron chi connectivity index (χ4n) is 2.36. The van der Waals surface area contributed by atoms with Crippen LogP contribution in [0.25, 0.3) is 10.9 Å². The maximum Gasteiger partial charge on any atom is 0.272 e. The molecule has 0 N–H and O–H groups in total. The molecule has 98 valence electrons. The summed E-state index contributed by atoms with van der Waals surface area (Å²) in [6.45, 7) is 3.83. The number of carbonyl (C=O) groups excluding carboxylic acids is 1. The highest BCUT2D eigenvalue weighted by atomic mass is 16.5. The summed E-state index contributed by atoms with van der Waals surface area (Å²) < 4.78 is 5.35. The van der Waals surface area contributed by atoms with Gasteiger partial charge in [0.1, 0.15) is 5.69 Å². The van der Waals surface area contributed by atoms with Crippen molar-refractivity contribution in [1.82, 2.24) is 9.88 Å². The minimum atomic E-state index is -0.0125. The Hall–Kier alpha value is -1.94. The lowest BCUT2D eigenvalue weighted by atomic mass is 10.1. The Morgan fingerprint density at radius 1 is 1.32 bits per heavy atom. The number of hydrogen-bond donors (Lipinski definition) is 0. The molecule has 1 saturated heterocycles. The predicted molar refractivity (Wildman–Crippen MR) is 73.1 cm³/mol. The molecule has 1 aromatic heterocycles. The van der Waals surface area contributed by atoms with Gasteiger partial charge in [-0.3, -0.25) is 4.79 Å². The van der Waals surface area contributed by atoms with Crippen LogP contribution in [0.2, 0.25) is 0 Å². The second kappa shape index (κ2) is 4.97. The van der Waals surface area contributed by atoms with Gasteiger partial charge in [0.05, 0.1) is 24.8 Å². The van der Waals surface area contributed by atoms with Gasteiger partial charge in [0, 0.05) is 11.9 Å². The molecule has 4 nitrogen and oxygen atoms in total. The zero-order valence-electron chi connectivity index (χ0n) is 10.9. The van der Waals surface area contributed by atoms with Gasteiger partial charge in [-0.2, -0.15) is 0 Å². The quantitative estimate of drug-likeness (QED) is 0.784. The molecule has 2 heterocycles. The Morgan fingerprint density at radius 2 is 2.16 bits per heavy atom. The number of carbonyl (C=O) groups is 1. The number of amides is 1. The number of nitrogens with zero attached hydrogens (tertiary/aromatic N) is 2. The molecule has 1 fully saturated rings. The van der Waals surface area contributed by atoms with Crippen LogP contribution in [0, 0.1) is 0 Å². The van der Waals surface area contributed by atoms with Crippen LogP contribution in [0.15, 0.2) is 36.4 Å². The van der Waals surface area contributed by atoms with E-state index < -0.39 is 0 Å². The molecule has 0 radical (unpaired) electrons. The standard InChI is InChI=1S/C15H16N2O2/c1-11-10-19-9-8-17(11)15(18)14-7-6-12-4-2-3-5-13(12)16-14/h2-7,11H,8-10H2,1H3. The highest BCUT2D eigenvalue weighted by Gasteiger charge is 2.25. The summed E-state index contributed by atoms with van der Waals surface area (Å²) >= 11 is 0. The third kappa shape index (κ3) is 2.31. The molecule has 3 rings (SSSR count). The molecular weight excluding hydrogens is 240 g/mol. The van der Waals surface area contributed by atoms with Crippen molar-refractivity contribution in [2.45, 2.75) is 13.0 Å². The SMILES string of the molecule is CC1COCCN1C(=O)c1ccc2ccccc2n1. The first-order valence-corrected chi connectivity index (χ1v) is 6.50. The van der Waals surface area contributed by atoms with E-state index in [9.17, 15) is 4.79 Å². The van der Waals surface area contributed by atoms with Gasteiger partial charge in [-0.15, -0.1) is 0 Å². The zero-order valence-corrected chi connectivity index (χ0v) is 10.9. The lowest BCUT2D eigenvalue weighted by molar-refractivity contribution is 0.00329. The van der Waals surface area contributed by atoms with Crippen LogP contribution >= 0.6 is 0 Å². The largest absolute Gasteiger partial charge is 0.377 e. The van der Waals surface area contributed by atoms with E-state index in [1.807, 2.05) is 42.2 Å². The summed E-state index contributed by atoms with van der Waals surface area (Å²) in [7, 11) is 0. The van der Waals surface area contributed by atoms with Crippen molar-refractivity contribution in [3.63, 3.8) is 0 Å². The molecule has 0 saturated carbocycles. The highest BCUT2D eigenvalue weighted by Crippen LogP contribution is 2.15. The summed E-state index contributed by atoms with van der Waals surface area (Å²) in [6.07, 6.45) is 0. The Labute approximate surface area is 112 Å². The van der Waals surface area contributed by atoms with E-state index in [0.717, 1.165) is 10.9 Å². The van der Waals surface area contributed by atoms with E-state index in [4.69, 9.17) is 4.74 Å². The predicted octanol–water partition coefficient (Wildman–Crippen LogP) is 2.10. The molecule has 0 aliphatic carbocycles. The summed E-state index contributed by atoms with van der Waals surface area (Å²) in [6, 6.07) is 11.7. The van der Waals surface area contributed by atoms with Gasteiger partial charge in [-0.05, 0) is 19.1 Å². The lowest BCUT2D eigenvalue weighted by Gasteiger charge is -2.33. The molecule has 0 spiro atoms. The maximum absolute atomic E-state index is 12.5. The van der Waals surface area contributed by atoms with Gasteiger partial charge in [-0.1, -0.05) is 24.3 Å². The molecule has 1 atom stereocenters. The fourth-order valence-corrected chi connectivity index (χ4v) is 2.36.